The van der Waals surface area contributed by atoms with Crippen LogP contribution in [0.5, 0.6) is 0 Å². The second-order valence-corrected chi connectivity index (χ2v) is 13.8. The molecule has 2 rings (SSSR count). The van der Waals surface area contributed by atoms with Crippen molar-refractivity contribution in [1.29, 1.82) is 0 Å². The van der Waals surface area contributed by atoms with E-state index in [0.29, 0.717) is 5.75 Å². The smallest absolute Gasteiger partial charge is 0.366 e. The van der Waals surface area contributed by atoms with Crippen molar-refractivity contribution < 1.29 is 95.3 Å². The van der Waals surface area contributed by atoms with Gasteiger partial charge in [-0.15, -0.1) is 11.8 Å². The third-order valence-corrected chi connectivity index (χ3v) is 8.84. The van der Waals surface area contributed by atoms with Crippen LogP contribution in [0.1, 0.15) is 68.7 Å². The standard InChI is InChI=1S/C34H49NO20S/c1-11-56-32-31(52-22(9)43)30(28(51-21(8)42)25(53-32)14-47-17(4)38)55-34(33(44)45-10)12-23(48-18(5)39)26(35-15(2)36)29(54-34)27(50-20(7)41)24(49-19(6)40)13-46-16(3)37/h23-32H,11-14H2,1-10H3,(H,35,36)/t23-,24+,25+,26+,27+,28-,29+,30-,31+,32-,34-/m0/s1. The Hall–Kier alpha value is -4.54. The molecule has 2 aliphatic heterocycles. The Morgan fingerprint density at radius 2 is 1.30 bits per heavy atom. The van der Waals surface area contributed by atoms with Crippen molar-refractivity contribution >= 4 is 65.4 Å². The highest BCUT2D eigenvalue weighted by molar-refractivity contribution is 7.99. The van der Waals surface area contributed by atoms with Crippen LogP contribution in [0.15, 0.2) is 0 Å². The van der Waals surface area contributed by atoms with Crippen molar-refractivity contribution in [2.24, 2.45) is 0 Å². The Balaban J connectivity index is 3.03. The maximum atomic E-state index is 14.2. The van der Waals surface area contributed by atoms with Crippen LogP contribution in [0.4, 0.5) is 0 Å². The largest absolute Gasteiger partial charge is 0.465 e. The van der Waals surface area contributed by atoms with E-state index in [2.05, 4.69) is 5.32 Å². The van der Waals surface area contributed by atoms with Crippen molar-refractivity contribution in [1.82, 2.24) is 5.32 Å². The van der Waals surface area contributed by atoms with Gasteiger partial charge in [0.05, 0.1) is 19.6 Å². The Kier molecular flexibility index (Phi) is 18.4. The predicted molar refractivity (Wildman–Crippen MR) is 185 cm³/mol. The molecule has 22 heteroatoms. The highest BCUT2D eigenvalue weighted by Gasteiger charge is 2.63. The first-order valence-electron chi connectivity index (χ1n) is 17.3. The van der Waals surface area contributed by atoms with Gasteiger partial charge in [0, 0.05) is 55.4 Å². The third-order valence-electron chi connectivity index (χ3n) is 7.80. The summed E-state index contributed by atoms with van der Waals surface area (Å²) in [4.78, 5) is 113. The quantitative estimate of drug-likeness (QED) is 0.147. The average Bonchev–Trinajstić information content (AvgIpc) is 3.07. The number of nitrogens with one attached hydrogen (secondary N) is 1. The highest BCUT2D eigenvalue weighted by Crippen LogP contribution is 2.42. The summed E-state index contributed by atoms with van der Waals surface area (Å²) < 4.78 is 62.3. The molecule has 0 aromatic rings. The SMILES string of the molecule is CCS[C@@H]1O[C@H](COC(C)=O)[C@H](OC(C)=O)[C@H](O[C@]2(C(=O)OC)C[C@H](OC(C)=O)[C@@H](NC(C)=O)[C@H]([C@H](OC(C)=O)[C@@H](COC(C)=O)OC(C)=O)O2)[C@H]1OC(C)=O. The molecule has 0 aromatic heterocycles. The summed E-state index contributed by atoms with van der Waals surface area (Å²) in [6, 6.07) is -1.53. The lowest BCUT2D eigenvalue weighted by atomic mass is 9.87. The monoisotopic (exact) mass is 823 g/mol. The molecule has 1 N–H and O–H groups in total. The van der Waals surface area contributed by atoms with Crippen LogP contribution in [0.2, 0.25) is 0 Å². The number of carbonyl (C=O) groups excluding carboxylic acids is 9. The van der Waals surface area contributed by atoms with Crippen LogP contribution in [-0.4, -0.2) is 146 Å². The molecule has 2 fully saturated rings. The zero-order valence-corrected chi connectivity index (χ0v) is 33.5. The molecular formula is C34H49NO20S. The number of methoxy groups -OCH3 is 1. The number of esters is 8. The molecule has 0 aromatic carbocycles. The fourth-order valence-electron chi connectivity index (χ4n) is 6.03. The molecule has 11 atom stereocenters. The molecule has 2 heterocycles. The number of hydrogen-bond acceptors (Lipinski definition) is 21. The van der Waals surface area contributed by atoms with Crippen LogP contribution in [0, 0.1) is 0 Å². The lowest BCUT2D eigenvalue weighted by Crippen LogP contribution is -2.71. The summed E-state index contributed by atoms with van der Waals surface area (Å²) >= 11 is 1.10. The van der Waals surface area contributed by atoms with Gasteiger partial charge in [-0.05, 0) is 5.75 Å². The number of amides is 1. The van der Waals surface area contributed by atoms with Crippen molar-refractivity contribution in [2.75, 3.05) is 26.1 Å². The molecule has 0 unspecified atom stereocenters. The van der Waals surface area contributed by atoms with E-state index in [1.807, 2.05) is 0 Å². The van der Waals surface area contributed by atoms with Crippen LogP contribution >= 0.6 is 11.8 Å². The minimum Gasteiger partial charge on any atom is -0.465 e. The van der Waals surface area contributed by atoms with E-state index in [1.165, 1.54) is 0 Å². The summed E-state index contributed by atoms with van der Waals surface area (Å²) in [6.07, 6.45) is -14.1. The van der Waals surface area contributed by atoms with Gasteiger partial charge in [-0.2, -0.15) is 0 Å². The minimum absolute atomic E-state index is 0.352. The van der Waals surface area contributed by atoms with E-state index in [9.17, 15) is 43.2 Å². The summed E-state index contributed by atoms with van der Waals surface area (Å²) in [5.41, 5.74) is -1.13. The average molecular weight is 824 g/mol. The molecule has 2 saturated heterocycles. The van der Waals surface area contributed by atoms with Crippen molar-refractivity contribution in [2.45, 2.75) is 135 Å². The third kappa shape index (κ3) is 13.9. The molecule has 316 valence electrons. The Labute approximate surface area is 326 Å². The molecule has 21 nitrogen and oxygen atoms in total. The minimum atomic E-state index is -2.82. The highest BCUT2D eigenvalue weighted by atomic mass is 32.2. The zero-order valence-electron chi connectivity index (χ0n) is 32.7. The topological polar surface area (TPSA) is 267 Å². The molecule has 0 aliphatic carbocycles. The first-order valence-corrected chi connectivity index (χ1v) is 18.3. The molecule has 0 spiro atoms. The lowest BCUT2D eigenvalue weighted by Gasteiger charge is -2.51. The second-order valence-electron chi connectivity index (χ2n) is 12.5. The number of carbonyl (C=O) groups is 9. The molecule has 0 radical (unpaired) electrons. The van der Waals surface area contributed by atoms with Gasteiger partial charge >= 0.3 is 47.8 Å². The molecule has 2 aliphatic rings. The molecule has 0 bridgehead atoms. The van der Waals surface area contributed by atoms with Crippen molar-refractivity contribution in [3.05, 3.63) is 0 Å². The normalized spacial score (nSPS) is 28.2. The van der Waals surface area contributed by atoms with E-state index < -0.39 is 139 Å². The van der Waals surface area contributed by atoms with Crippen LogP contribution < -0.4 is 5.32 Å². The van der Waals surface area contributed by atoms with Gasteiger partial charge in [0.15, 0.2) is 24.4 Å². The summed E-state index contributed by atoms with van der Waals surface area (Å²) in [5, 5.41) is 2.54. The fraction of sp³-hybridized carbons (Fsp3) is 0.735. The van der Waals surface area contributed by atoms with E-state index in [0.717, 1.165) is 74.3 Å². The molecular weight excluding hydrogens is 774 g/mol. The van der Waals surface area contributed by atoms with Gasteiger partial charge in [-0.1, -0.05) is 6.92 Å². The van der Waals surface area contributed by atoms with Crippen LogP contribution in [0.25, 0.3) is 0 Å². The number of hydrogen-bond donors (Lipinski definition) is 1. The summed E-state index contributed by atoms with van der Waals surface area (Å²) in [7, 11) is 0.939. The molecule has 56 heavy (non-hydrogen) atoms. The first-order chi connectivity index (χ1) is 26.1. The number of thioether (sulfide) groups is 1. The van der Waals surface area contributed by atoms with E-state index >= 15 is 0 Å². The Bertz CT molecular complexity index is 1470. The zero-order chi connectivity index (χ0) is 42.5. The van der Waals surface area contributed by atoms with Gasteiger partial charge in [0.1, 0.15) is 43.1 Å². The summed E-state index contributed by atoms with van der Waals surface area (Å²) in [6.45, 7) is 8.80. The molecule has 0 saturated carbocycles. The summed E-state index contributed by atoms with van der Waals surface area (Å²) in [5.74, 6) is -10.8. The van der Waals surface area contributed by atoms with Crippen LogP contribution in [0.3, 0.4) is 0 Å². The van der Waals surface area contributed by atoms with Gasteiger partial charge in [-0.25, -0.2) is 4.79 Å². The van der Waals surface area contributed by atoms with Gasteiger partial charge in [0.2, 0.25) is 5.91 Å². The van der Waals surface area contributed by atoms with Crippen LogP contribution in [-0.2, 0) is 95.3 Å². The van der Waals surface area contributed by atoms with E-state index in [1.54, 1.807) is 6.92 Å². The van der Waals surface area contributed by atoms with E-state index in [4.69, 9.17) is 52.1 Å². The maximum Gasteiger partial charge on any atom is 0.366 e. The number of rotatable bonds is 17. The Morgan fingerprint density at radius 1 is 0.732 bits per heavy atom. The van der Waals surface area contributed by atoms with Gasteiger partial charge < -0.3 is 57.4 Å². The molecule has 1 amide bonds. The van der Waals surface area contributed by atoms with Crippen molar-refractivity contribution in [3.63, 3.8) is 0 Å². The van der Waals surface area contributed by atoms with Gasteiger partial charge in [-0.3, -0.25) is 38.4 Å². The van der Waals surface area contributed by atoms with Gasteiger partial charge in [0.25, 0.3) is 5.79 Å². The fourth-order valence-corrected chi connectivity index (χ4v) is 6.98. The van der Waals surface area contributed by atoms with E-state index in [-0.39, 0.29) is 0 Å². The predicted octanol–water partition coefficient (Wildman–Crippen LogP) is -0.203. The maximum absolute atomic E-state index is 14.2. The number of ether oxygens (including phenoxy) is 11. The Morgan fingerprint density at radius 3 is 1.79 bits per heavy atom. The first kappa shape index (κ1) is 47.6. The lowest BCUT2D eigenvalue weighted by molar-refractivity contribution is -0.351. The van der Waals surface area contributed by atoms with Crippen molar-refractivity contribution in [3.8, 4) is 0 Å². The second kappa shape index (κ2) is 21.7.